The molecule has 0 spiro atoms. The molecule has 170 valence electrons. The van der Waals surface area contributed by atoms with Gasteiger partial charge in [-0.25, -0.2) is 0 Å². The number of aromatic nitrogens is 7. The molecule has 4 aromatic rings. The van der Waals surface area contributed by atoms with E-state index in [2.05, 4.69) is 52.0 Å². The molecule has 1 fully saturated rings. The summed E-state index contributed by atoms with van der Waals surface area (Å²) < 4.78 is 4.74. The number of rotatable bonds is 7. The Hall–Kier alpha value is -2.17. The summed E-state index contributed by atoms with van der Waals surface area (Å²) >= 11 is 5.41. The summed E-state index contributed by atoms with van der Waals surface area (Å²) in [6.45, 7) is 0. The van der Waals surface area contributed by atoms with E-state index in [1.165, 1.54) is 37.0 Å². The van der Waals surface area contributed by atoms with Crippen LogP contribution in [0.15, 0.2) is 52.4 Å². The minimum Gasteiger partial charge on any atom is -0.303 e. The number of nitrogens with zero attached hydrogens (tertiary/aromatic N) is 7. The van der Waals surface area contributed by atoms with Crippen molar-refractivity contribution in [2.75, 3.05) is 11.5 Å². The fourth-order valence-corrected chi connectivity index (χ4v) is 7.77. The Morgan fingerprint density at radius 1 is 1.00 bits per heavy atom. The van der Waals surface area contributed by atoms with Gasteiger partial charge < -0.3 is 4.57 Å². The normalized spacial score (nSPS) is 18.6. The Morgan fingerprint density at radius 3 is 2.76 bits per heavy atom. The van der Waals surface area contributed by atoms with Crippen LogP contribution < -0.4 is 0 Å². The van der Waals surface area contributed by atoms with Crippen LogP contribution in [-0.4, -0.2) is 46.0 Å². The average Bonchev–Trinajstić information content (AvgIpc) is 3.65. The third-order valence-electron chi connectivity index (χ3n) is 6.35. The summed E-state index contributed by atoms with van der Waals surface area (Å²) in [5, 5.41) is 22.4. The molecule has 0 saturated heterocycles. The van der Waals surface area contributed by atoms with Crippen molar-refractivity contribution in [1.29, 1.82) is 0 Å². The topological polar surface area (TPSA) is 74.3 Å². The largest absolute Gasteiger partial charge is 0.303 e. The number of hydrogen-bond donors (Lipinski definition) is 0. The van der Waals surface area contributed by atoms with Crippen LogP contribution in [0.25, 0.3) is 11.4 Å². The van der Waals surface area contributed by atoms with Crippen molar-refractivity contribution in [2.45, 2.75) is 60.9 Å². The molecule has 0 aromatic carbocycles. The average molecular weight is 496 g/mol. The molecular weight excluding hydrogens is 471 g/mol. The van der Waals surface area contributed by atoms with Crippen molar-refractivity contribution in [3.05, 3.63) is 52.7 Å². The number of thiophene rings is 1. The lowest BCUT2D eigenvalue weighted by Gasteiger charge is -2.26. The predicted octanol–water partition coefficient (Wildman–Crippen LogP) is 5.53. The highest BCUT2D eigenvalue weighted by Crippen LogP contribution is 2.40. The summed E-state index contributed by atoms with van der Waals surface area (Å²) in [6, 6.07) is 9.14. The van der Waals surface area contributed by atoms with Gasteiger partial charge in [-0.1, -0.05) is 48.9 Å². The number of fused-ring (bicyclic) bond motifs is 1. The molecule has 10 heteroatoms. The molecule has 0 amide bonds. The van der Waals surface area contributed by atoms with E-state index in [1.807, 2.05) is 30.1 Å². The number of pyridine rings is 1. The van der Waals surface area contributed by atoms with Crippen LogP contribution in [0.3, 0.4) is 0 Å². The van der Waals surface area contributed by atoms with Gasteiger partial charge in [0, 0.05) is 46.8 Å². The highest BCUT2D eigenvalue weighted by atomic mass is 32.2. The van der Waals surface area contributed by atoms with Gasteiger partial charge in [0.2, 0.25) is 0 Å². The van der Waals surface area contributed by atoms with Crippen molar-refractivity contribution in [3.63, 3.8) is 0 Å². The Kier molecular flexibility index (Phi) is 6.21. The molecule has 0 bridgehead atoms. The molecule has 1 atom stereocenters. The lowest BCUT2D eigenvalue weighted by molar-refractivity contribution is 0.330. The monoisotopic (exact) mass is 495 g/mol. The first-order valence-corrected chi connectivity index (χ1v) is 14.3. The van der Waals surface area contributed by atoms with Gasteiger partial charge >= 0.3 is 0 Å². The van der Waals surface area contributed by atoms with Gasteiger partial charge in [-0.05, 0) is 36.4 Å². The van der Waals surface area contributed by atoms with Gasteiger partial charge in [-0.2, -0.15) is 0 Å². The molecule has 0 N–H and O–H groups in total. The number of hydrogen-bond acceptors (Lipinski definition) is 8. The molecule has 1 aliphatic heterocycles. The molecule has 1 aliphatic carbocycles. The maximum atomic E-state index is 4.68. The summed E-state index contributed by atoms with van der Waals surface area (Å²) in [6.07, 6.45) is 10.9. The molecular formula is C23H25N7S3. The first-order valence-electron chi connectivity index (χ1n) is 11.4. The zero-order chi connectivity index (χ0) is 22.0. The van der Waals surface area contributed by atoms with E-state index in [-0.39, 0.29) is 0 Å². The van der Waals surface area contributed by atoms with Crippen molar-refractivity contribution < 1.29 is 0 Å². The minimum atomic E-state index is 0.317. The van der Waals surface area contributed by atoms with Crippen LogP contribution in [-0.2, 0) is 6.42 Å². The molecule has 0 radical (unpaired) electrons. The minimum absolute atomic E-state index is 0.317. The fraction of sp³-hybridized carbons (Fsp3) is 0.435. The highest BCUT2D eigenvalue weighted by molar-refractivity contribution is 8.00. The molecule has 5 heterocycles. The first-order chi connectivity index (χ1) is 16.4. The Labute approximate surface area is 205 Å². The fourth-order valence-electron chi connectivity index (χ4n) is 4.74. The van der Waals surface area contributed by atoms with E-state index in [4.69, 9.17) is 0 Å². The second-order valence-electron chi connectivity index (χ2n) is 8.51. The molecule has 4 aromatic heterocycles. The van der Waals surface area contributed by atoms with Crippen LogP contribution in [0.2, 0.25) is 0 Å². The standard InChI is InChI=1S/C23H25N7S3/c1-2-7-17(8-3-1)29-20(12-19-9-5-11-31-19)25-27-22(29)32-14-18-15-33-23-28-26-21(30(18)23)16-6-4-10-24-13-16/h4-6,9-11,13,17-18H,1-3,7-8,12,14-15H2. The summed E-state index contributed by atoms with van der Waals surface area (Å²) in [4.78, 5) is 5.61. The molecule has 1 unspecified atom stereocenters. The maximum absolute atomic E-state index is 4.68. The molecule has 7 nitrogen and oxygen atoms in total. The second-order valence-corrected chi connectivity index (χ2v) is 11.5. The van der Waals surface area contributed by atoms with Crippen molar-refractivity contribution in [3.8, 4) is 11.4 Å². The van der Waals surface area contributed by atoms with Gasteiger partial charge in [-0.3, -0.25) is 9.55 Å². The Balaban J connectivity index is 1.25. The van der Waals surface area contributed by atoms with Crippen LogP contribution in [0.4, 0.5) is 0 Å². The predicted molar refractivity (Wildman–Crippen MR) is 133 cm³/mol. The van der Waals surface area contributed by atoms with Crippen molar-refractivity contribution >= 4 is 34.9 Å². The zero-order valence-corrected chi connectivity index (χ0v) is 20.7. The second kappa shape index (κ2) is 9.60. The maximum Gasteiger partial charge on any atom is 0.191 e. The number of thioether (sulfide) groups is 2. The summed E-state index contributed by atoms with van der Waals surface area (Å²) in [5.74, 6) is 3.94. The Morgan fingerprint density at radius 2 is 1.94 bits per heavy atom. The van der Waals surface area contributed by atoms with E-state index in [0.29, 0.717) is 12.1 Å². The van der Waals surface area contributed by atoms with Crippen LogP contribution in [0, 0.1) is 0 Å². The lowest BCUT2D eigenvalue weighted by atomic mass is 9.95. The van der Waals surface area contributed by atoms with E-state index in [9.17, 15) is 0 Å². The zero-order valence-electron chi connectivity index (χ0n) is 18.2. The quantitative estimate of drug-likeness (QED) is 0.312. The summed E-state index contributed by atoms with van der Waals surface area (Å²) in [7, 11) is 0. The van der Waals surface area contributed by atoms with E-state index >= 15 is 0 Å². The first kappa shape index (κ1) is 21.4. The van der Waals surface area contributed by atoms with Gasteiger partial charge in [0.25, 0.3) is 0 Å². The molecule has 2 aliphatic rings. The van der Waals surface area contributed by atoms with Gasteiger partial charge in [0.1, 0.15) is 5.82 Å². The van der Waals surface area contributed by atoms with Crippen molar-refractivity contribution in [2.24, 2.45) is 0 Å². The van der Waals surface area contributed by atoms with Gasteiger partial charge in [0.15, 0.2) is 16.1 Å². The van der Waals surface area contributed by atoms with Crippen LogP contribution in [0.1, 0.15) is 54.9 Å². The molecule has 1 saturated carbocycles. The highest BCUT2D eigenvalue weighted by Gasteiger charge is 2.30. The molecule has 6 rings (SSSR count). The smallest absolute Gasteiger partial charge is 0.191 e. The Bertz CT molecular complexity index is 1200. The third-order valence-corrected chi connectivity index (χ3v) is 9.40. The van der Waals surface area contributed by atoms with Gasteiger partial charge in [0.05, 0.1) is 6.04 Å². The van der Waals surface area contributed by atoms with E-state index in [1.54, 1.807) is 29.3 Å². The van der Waals surface area contributed by atoms with Crippen molar-refractivity contribution in [1.82, 2.24) is 34.5 Å². The SMILES string of the molecule is c1cncc(-c2nnc3n2C(CSc2nnc(Cc4cccs4)n2C2CCCCC2)CS3)c1. The lowest BCUT2D eigenvalue weighted by Crippen LogP contribution is -2.17. The van der Waals surface area contributed by atoms with Gasteiger partial charge in [-0.15, -0.1) is 31.7 Å². The van der Waals surface area contributed by atoms with E-state index < -0.39 is 0 Å². The third kappa shape index (κ3) is 4.36. The van der Waals surface area contributed by atoms with Crippen LogP contribution >= 0.6 is 34.9 Å². The van der Waals surface area contributed by atoms with Crippen LogP contribution in [0.5, 0.6) is 0 Å². The summed E-state index contributed by atoms with van der Waals surface area (Å²) in [5.41, 5.74) is 1.01. The van der Waals surface area contributed by atoms with E-state index in [0.717, 1.165) is 45.5 Å². The molecule has 33 heavy (non-hydrogen) atoms.